The Morgan fingerprint density at radius 1 is 0.879 bits per heavy atom. The van der Waals surface area contributed by atoms with E-state index >= 15 is 0 Å². The number of amides is 3. The average Bonchev–Trinajstić information content (AvgIpc) is 3.25. The van der Waals surface area contributed by atoms with Crippen molar-refractivity contribution >= 4 is 29.4 Å². The molecule has 1 aromatic rings. The summed E-state index contributed by atoms with van der Waals surface area (Å²) < 4.78 is 5.14. The Kier molecular flexibility index (Phi) is 7.30. The van der Waals surface area contributed by atoms with Gasteiger partial charge in [-0.3, -0.25) is 19.2 Å². The van der Waals surface area contributed by atoms with E-state index in [1.165, 1.54) is 0 Å². The van der Waals surface area contributed by atoms with Gasteiger partial charge in [0.05, 0.1) is 18.4 Å². The molecule has 33 heavy (non-hydrogen) atoms. The smallest absolute Gasteiger partial charge is 0.310 e. The topological polar surface area (TPSA) is 87.2 Å². The number of carbonyl (C=O) groups is 4. The highest BCUT2D eigenvalue weighted by molar-refractivity contribution is 6.00. The first kappa shape index (κ1) is 23.3. The Balaban J connectivity index is 1.28. The molecule has 3 fully saturated rings. The second-order valence-corrected chi connectivity index (χ2v) is 9.22. The maximum absolute atomic E-state index is 13.1. The fourth-order valence-corrected chi connectivity index (χ4v) is 5.22. The minimum atomic E-state index is -0.336. The minimum Gasteiger partial charge on any atom is -0.466 e. The molecule has 3 amide bonds. The molecule has 4 rings (SSSR count). The number of likely N-dealkylation sites (tertiary alicyclic amines) is 2. The summed E-state index contributed by atoms with van der Waals surface area (Å²) >= 11 is 0. The Bertz CT molecular complexity index is 881. The normalized spacial score (nSPS) is 24.2. The molecule has 8 nitrogen and oxygen atoms in total. The number of nitrogens with zero attached hydrogens (tertiary/aromatic N) is 3. The third-order valence-corrected chi connectivity index (χ3v) is 7.05. The number of benzene rings is 1. The van der Waals surface area contributed by atoms with Crippen LogP contribution in [0.3, 0.4) is 0 Å². The van der Waals surface area contributed by atoms with Gasteiger partial charge in [0, 0.05) is 50.7 Å². The van der Waals surface area contributed by atoms with Crippen LogP contribution in [0, 0.1) is 17.8 Å². The van der Waals surface area contributed by atoms with E-state index in [1.54, 1.807) is 16.7 Å². The Hall–Kier alpha value is -2.90. The quantitative estimate of drug-likeness (QED) is 0.635. The van der Waals surface area contributed by atoms with Crippen LogP contribution >= 0.6 is 0 Å². The summed E-state index contributed by atoms with van der Waals surface area (Å²) in [7, 11) is 0. The van der Waals surface area contributed by atoms with E-state index in [2.05, 4.69) is 0 Å². The summed E-state index contributed by atoms with van der Waals surface area (Å²) in [5, 5.41) is 0. The Morgan fingerprint density at radius 2 is 1.58 bits per heavy atom. The van der Waals surface area contributed by atoms with Crippen molar-refractivity contribution in [3.05, 3.63) is 30.3 Å². The number of piperidine rings is 2. The van der Waals surface area contributed by atoms with E-state index in [9.17, 15) is 19.2 Å². The monoisotopic (exact) mass is 455 g/mol. The first-order valence-corrected chi connectivity index (χ1v) is 12.1. The van der Waals surface area contributed by atoms with Crippen LogP contribution in [0.5, 0.6) is 0 Å². The zero-order valence-corrected chi connectivity index (χ0v) is 19.3. The van der Waals surface area contributed by atoms with Gasteiger partial charge in [0.1, 0.15) is 0 Å². The summed E-state index contributed by atoms with van der Waals surface area (Å²) in [6, 6.07) is 9.44. The molecule has 3 saturated heterocycles. The molecule has 0 spiro atoms. The number of para-hydroxylation sites is 1. The highest BCUT2D eigenvalue weighted by Crippen LogP contribution is 2.29. The number of carbonyl (C=O) groups excluding carboxylic acids is 4. The van der Waals surface area contributed by atoms with E-state index < -0.39 is 0 Å². The van der Waals surface area contributed by atoms with Gasteiger partial charge in [0.25, 0.3) is 0 Å². The van der Waals surface area contributed by atoms with Crippen LogP contribution in [-0.4, -0.2) is 72.8 Å². The van der Waals surface area contributed by atoms with Crippen LogP contribution in [-0.2, 0) is 23.9 Å². The molecule has 0 bridgehead atoms. The largest absolute Gasteiger partial charge is 0.466 e. The predicted molar refractivity (Wildman–Crippen MR) is 122 cm³/mol. The Morgan fingerprint density at radius 3 is 2.27 bits per heavy atom. The number of hydrogen-bond acceptors (Lipinski definition) is 5. The minimum absolute atomic E-state index is 0.00743. The first-order valence-electron chi connectivity index (χ1n) is 12.1. The standard InChI is InChI=1S/C25H33N3O5/c1-2-33-25(32)19-7-6-12-27(16-19)23(30)18-10-13-26(14-11-18)24(31)20-15-22(29)28(17-20)21-8-4-3-5-9-21/h3-5,8-9,18-20H,2,6-7,10-17H2,1H3. The second-order valence-electron chi connectivity index (χ2n) is 9.22. The van der Waals surface area contributed by atoms with Crippen LogP contribution in [0.25, 0.3) is 0 Å². The van der Waals surface area contributed by atoms with Crippen molar-refractivity contribution in [2.45, 2.75) is 39.0 Å². The maximum atomic E-state index is 13.1. The molecule has 8 heteroatoms. The fourth-order valence-electron chi connectivity index (χ4n) is 5.22. The van der Waals surface area contributed by atoms with Crippen LogP contribution in [0.1, 0.15) is 39.0 Å². The molecule has 0 aromatic heterocycles. The van der Waals surface area contributed by atoms with Gasteiger partial charge in [0.15, 0.2) is 0 Å². The van der Waals surface area contributed by atoms with Crippen molar-refractivity contribution in [2.75, 3.05) is 44.2 Å². The number of ether oxygens (including phenoxy) is 1. The van der Waals surface area contributed by atoms with Crippen LogP contribution in [0.4, 0.5) is 5.69 Å². The number of anilines is 1. The van der Waals surface area contributed by atoms with Gasteiger partial charge >= 0.3 is 5.97 Å². The number of esters is 1. The molecule has 3 aliphatic heterocycles. The van der Waals surface area contributed by atoms with Gasteiger partial charge in [-0.1, -0.05) is 18.2 Å². The molecular formula is C25H33N3O5. The maximum Gasteiger partial charge on any atom is 0.310 e. The second kappa shape index (κ2) is 10.4. The van der Waals surface area contributed by atoms with Crippen molar-refractivity contribution in [1.82, 2.24) is 9.80 Å². The lowest BCUT2D eigenvalue weighted by Gasteiger charge is -2.37. The molecule has 2 unspecified atom stereocenters. The summed E-state index contributed by atoms with van der Waals surface area (Å²) in [6.07, 6.45) is 3.04. The third-order valence-electron chi connectivity index (χ3n) is 7.05. The van der Waals surface area contributed by atoms with Gasteiger partial charge in [-0.2, -0.15) is 0 Å². The zero-order valence-electron chi connectivity index (χ0n) is 19.3. The SMILES string of the molecule is CCOC(=O)C1CCCN(C(=O)C2CCN(C(=O)C3CC(=O)N(c4ccccc4)C3)CC2)C1. The summed E-state index contributed by atoms with van der Waals surface area (Å²) in [6.45, 7) is 4.71. The highest BCUT2D eigenvalue weighted by atomic mass is 16.5. The van der Waals surface area contributed by atoms with E-state index in [1.807, 2.05) is 35.2 Å². The number of rotatable bonds is 5. The average molecular weight is 456 g/mol. The lowest BCUT2D eigenvalue weighted by atomic mass is 9.91. The van der Waals surface area contributed by atoms with E-state index in [-0.39, 0.29) is 47.9 Å². The zero-order chi connectivity index (χ0) is 23.4. The van der Waals surface area contributed by atoms with E-state index in [4.69, 9.17) is 4.74 Å². The summed E-state index contributed by atoms with van der Waals surface area (Å²) in [5.41, 5.74) is 0.824. The van der Waals surface area contributed by atoms with Crippen LogP contribution in [0.2, 0.25) is 0 Å². The van der Waals surface area contributed by atoms with Gasteiger partial charge in [-0.15, -0.1) is 0 Å². The molecule has 0 N–H and O–H groups in total. The Labute approximate surface area is 194 Å². The van der Waals surface area contributed by atoms with Crippen molar-refractivity contribution in [1.29, 1.82) is 0 Å². The fraction of sp³-hybridized carbons (Fsp3) is 0.600. The van der Waals surface area contributed by atoms with Crippen molar-refractivity contribution in [3.63, 3.8) is 0 Å². The van der Waals surface area contributed by atoms with Crippen LogP contribution < -0.4 is 4.90 Å². The molecule has 3 heterocycles. The van der Waals surface area contributed by atoms with Crippen molar-refractivity contribution < 1.29 is 23.9 Å². The van der Waals surface area contributed by atoms with Gasteiger partial charge in [-0.05, 0) is 44.7 Å². The predicted octanol–water partition coefficient (Wildman–Crippen LogP) is 2.08. The van der Waals surface area contributed by atoms with Gasteiger partial charge < -0.3 is 19.4 Å². The molecule has 3 aliphatic rings. The molecule has 0 radical (unpaired) electrons. The molecule has 2 atom stereocenters. The van der Waals surface area contributed by atoms with Crippen molar-refractivity contribution in [2.24, 2.45) is 17.8 Å². The molecule has 0 saturated carbocycles. The van der Waals surface area contributed by atoms with Crippen LogP contribution in [0.15, 0.2) is 30.3 Å². The third kappa shape index (κ3) is 5.20. The highest BCUT2D eigenvalue weighted by Gasteiger charge is 2.39. The first-order chi connectivity index (χ1) is 16.0. The molecule has 1 aromatic carbocycles. The molecule has 0 aliphatic carbocycles. The van der Waals surface area contributed by atoms with Crippen molar-refractivity contribution in [3.8, 4) is 0 Å². The van der Waals surface area contributed by atoms with Gasteiger partial charge in [-0.25, -0.2) is 0 Å². The van der Waals surface area contributed by atoms with E-state index in [0.717, 1.165) is 18.5 Å². The summed E-state index contributed by atoms with van der Waals surface area (Å²) in [4.78, 5) is 56.0. The van der Waals surface area contributed by atoms with Gasteiger partial charge in [0.2, 0.25) is 17.7 Å². The lowest BCUT2D eigenvalue weighted by Crippen LogP contribution is -2.49. The molecular weight excluding hydrogens is 422 g/mol. The van der Waals surface area contributed by atoms with E-state index in [0.29, 0.717) is 52.2 Å². The lowest BCUT2D eigenvalue weighted by molar-refractivity contribution is -0.152. The number of hydrogen-bond donors (Lipinski definition) is 0. The summed E-state index contributed by atoms with van der Waals surface area (Å²) in [5.74, 6) is -0.845. The molecule has 178 valence electrons.